The minimum Gasteiger partial charge on any atom is -0.340 e. The molecule has 3 nitrogen and oxygen atoms in total. The van der Waals surface area contributed by atoms with Crippen LogP contribution >= 0.6 is 0 Å². The quantitative estimate of drug-likeness (QED) is 0.869. The van der Waals surface area contributed by atoms with E-state index in [0.29, 0.717) is 13.1 Å². The Kier molecular flexibility index (Phi) is 4.29. The first-order chi connectivity index (χ1) is 7.88. The van der Waals surface area contributed by atoms with E-state index in [1.54, 1.807) is 11.9 Å². The van der Waals surface area contributed by atoms with Gasteiger partial charge in [0.2, 0.25) is 0 Å². The second-order valence-corrected chi connectivity index (χ2v) is 5.31. The van der Waals surface area contributed by atoms with Crippen LogP contribution in [0.4, 0.5) is 0 Å². The molecule has 17 heavy (non-hydrogen) atoms. The monoisotopic (exact) mass is 234 g/mol. The topological polar surface area (TPSA) is 46.3 Å². The number of nitrogens with zero attached hydrogens (tertiary/aromatic N) is 1. The second-order valence-electron chi connectivity index (χ2n) is 5.31. The van der Waals surface area contributed by atoms with Gasteiger partial charge in [-0.3, -0.25) is 4.79 Å². The van der Waals surface area contributed by atoms with Crippen LogP contribution in [0, 0.1) is 0 Å². The van der Waals surface area contributed by atoms with Crippen molar-refractivity contribution in [2.24, 2.45) is 5.73 Å². The molecule has 0 saturated carbocycles. The first kappa shape index (κ1) is 13.7. The van der Waals surface area contributed by atoms with Crippen LogP contribution in [-0.2, 0) is 5.41 Å². The first-order valence-corrected chi connectivity index (χ1v) is 5.93. The van der Waals surface area contributed by atoms with Gasteiger partial charge in [-0.05, 0) is 17.0 Å². The van der Waals surface area contributed by atoms with E-state index in [2.05, 4.69) is 20.8 Å². The van der Waals surface area contributed by atoms with Crippen molar-refractivity contribution in [1.29, 1.82) is 0 Å². The van der Waals surface area contributed by atoms with Gasteiger partial charge in [0.15, 0.2) is 0 Å². The van der Waals surface area contributed by atoms with Crippen LogP contribution in [0.15, 0.2) is 24.3 Å². The molecule has 1 aromatic rings. The second kappa shape index (κ2) is 5.32. The smallest absolute Gasteiger partial charge is 0.253 e. The van der Waals surface area contributed by atoms with Crippen LogP contribution in [0.3, 0.4) is 0 Å². The molecular formula is C14H22N2O. The predicted molar refractivity (Wildman–Crippen MR) is 71.2 cm³/mol. The molecule has 0 aliphatic rings. The maximum absolute atomic E-state index is 12.3. The molecule has 0 unspecified atom stereocenters. The molecule has 94 valence electrons. The minimum atomic E-state index is -0.0319. The van der Waals surface area contributed by atoms with Crippen LogP contribution in [0.25, 0.3) is 0 Å². The Bertz CT molecular complexity index is 393. The summed E-state index contributed by atoms with van der Waals surface area (Å²) in [6, 6.07) is 7.78. The fourth-order valence-electron chi connectivity index (χ4n) is 1.82. The Morgan fingerprint density at radius 3 is 2.41 bits per heavy atom. The van der Waals surface area contributed by atoms with Gasteiger partial charge in [-0.15, -0.1) is 0 Å². The lowest BCUT2D eigenvalue weighted by molar-refractivity contribution is 0.0796. The van der Waals surface area contributed by atoms with Gasteiger partial charge < -0.3 is 10.6 Å². The van der Waals surface area contributed by atoms with Gasteiger partial charge in [-0.1, -0.05) is 39.0 Å². The number of hydrogen-bond donors (Lipinski definition) is 1. The molecule has 0 bridgehead atoms. The largest absolute Gasteiger partial charge is 0.340 e. The summed E-state index contributed by atoms with van der Waals surface area (Å²) in [5.41, 5.74) is 7.30. The Morgan fingerprint density at radius 1 is 1.29 bits per heavy atom. The van der Waals surface area contributed by atoms with E-state index >= 15 is 0 Å². The van der Waals surface area contributed by atoms with Gasteiger partial charge in [-0.25, -0.2) is 0 Å². The summed E-state index contributed by atoms with van der Waals surface area (Å²) >= 11 is 0. The fourth-order valence-corrected chi connectivity index (χ4v) is 1.82. The SMILES string of the molecule is CN(CCN)C(=O)c1ccccc1C(C)(C)C. The number of carbonyl (C=O) groups is 1. The van der Waals surface area contributed by atoms with Crippen molar-refractivity contribution in [2.75, 3.05) is 20.1 Å². The highest BCUT2D eigenvalue weighted by Gasteiger charge is 2.22. The molecule has 0 aromatic heterocycles. The number of amides is 1. The summed E-state index contributed by atoms with van der Waals surface area (Å²) in [5.74, 6) is 0.0426. The zero-order valence-corrected chi connectivity index (χ0v) is 11.2. The number of likely N-dealkylation sites (N-methyl/N-ethyl adjacent to an activating group) is 1. The van der Waals surface area contributed by atoms with E-state index in [-0.39, 0.29) is 11.3 Å². The lowest BCUT2D eigenvalue weighted by Crippen LogP contribution is -2.33. The number of carbonyl (C=O) groups excluding carboxylic acids is 1. The lowest BCUT2D eigenvalue weighted by atomic mass is 9.83. The molecule has 0 heterocycles. The molecule has 0 fully saturated rings. The highest BCUT2D eigenvalue weighted by Crippen LogP contribution is 2.26. The van der Waals surface area contributed by atoms with Gasteiger partial charge >= 0.3 is 0 Å². The van der Waals surface area contributed by atoms with Crippen LogP contribution in [-0.4, -0.2) is 30.9 Å². The van der Waals surface area contributed by atoms with Crippen molar-refractivity contribution in [2.45, 2.75) is 26.2 Å². The molecule has 0 radical (unpaired) electrons. The average Bonchev–Trinajstić information content (AvgIpc) is 2.27. The summed E-state index contributed by atoms with van der Waals surface area (Å²) in [4.78, 5) is 13.9. The maximum Gasteiger partial charge on any atom is 0.253 e. The third-order valence-corrected chi connectivity index (χ3v) is 2.78. The van der Waals surface area contributed by atoms with Crippen molar-refractivity contribution in [3.8, 4) is 0 Å². The zero-order chi connectivity index (χ0) is 13.1. The van der Waals surface area contributed by atoms with Gasteiger partial charge in [0.25, 0.3) is 5.91 Å². The van der Waals surface area contributed by atoms with Gasteiger partial charge in [0, 0.05) is 25.7 Å². The number of hydrogen-bond acceptors (Lipinski definition) is 2. The Hall–Kier alpha value is -1.35. The summed E-state index contributed by atoms with van der Waals surface area (Å²) in [6.45, 7) is 7.41. The third-order valence-electron chi connectivity index (χ3n) is 2.78. The fraction of sp³-hybridized carbons (Fsp3) is 0.500. The molecule has 0 spiro atoms. The molecule has 1 rings (SSSR count). The van der Waals surface area contributed by atoms with Crippen LogP contribution in [0.5, 0.6) is 0 Å². The van der Waals surface area contributed by atoms with Gasteiger partial charge in [0.1, 0.15) is 0 Å². The third kappa shape index (κ3) is 3.30. The molecule has 2 N–H and O–H groups in total. The van der Waals surface area contributed by atoms with Crippen molar-refractivity contribution >= 4 is 5.91 Å². The number of rotatable bonds is 3. The predicted octanol–water partition coefficient (Wildman–Crippen LogP) is 2.01. The van der Waals surface area contributed by atoms with Crippen LogP contribution < -0.4 is 5.73 Å². The Balaban J connectivity index is 3.10. The first-order valence-electron chi connectivity index (χ1n) is 5.93. The average molecular weight is 234 g/mol. The van der Waals surface area contributed by atoms with E-state index in [4.69, 9.17) is 5.73 Å². The number of benzene rings is 1. The Morgan fingerprint density at radius 2 is 1.88 bits per heavy atom. The van der Waals surface area contributed by atoms with E-state index in [1.807, 2.05) is 24.3 Å². The molecule has 3 heteroatoms. The van der Waals surface area contributed by atoms with Crippen molar-refractivity contribution < 1.29 is 4.79 Å². The van der Waals surface area contributed by atoms with Crippen molar-refractivity contribution in [1.82, 2.24) is 4.90 Å². The number of nitrogens with two attached hydrogens (primary N) is 1. The van der Waals surface area contributed by atoms with E-state index in [0.717, 1.165) is 11.1 Å². The lowest BCUT2D eigenvalue weighted by Gasteiger charge is -2.25. The molecule has 1 amide bonds. The molecule has 0 aliphatic heterocycles. The zero-order valence-electron chi connectivity index (χ0n) is 11.2. The van der Waals surface area contributed by atoms with Crippen molar-refractivity contribution in [3.05, 3.63) is 35.4 Å². The summed E-state index contributed by atoms with van der Waals surface area (Å²) < 4.78 is 0. The highest BCUT2D eigenvalue weighted by atomic mass is 16.2. The van der Waals surface area contributed by atoms with Gasteiger partial charge in [-0.2, -0.15) is 0 Å². The van der Waals surface area contributed by atoms with E-state index in [9.17, 15) is 4.79 Å². The van der Waals surface area contributed by atoms with Crippen LogP contribution in [0.1, 0.15) is 36.7 Å². The molecule has 0 saturated heterocycles. The highest BCUT2D eigenvalue weighted by molar-refractivity contribution is 5.95. The van der Waals surface area contributed by atoms with Crippen molar-refractivity contribution in [3.63, 3.8) is 0 Å². The Labute approximate surface area is 104 Å². The standard InChI is InChI=1S/C14H22N2O/c1-14(2,3)12-8-6-5-7-11(12)13(17)16(4)10-9-15/h5-8H,9-10,15H2,1-4H3. The van der Waals surface area contributed by atoms with E-state index in [1.165, 1.54) is 0 Å². The molecular weight excluding hydrogens is 212 g/mol. The summed E-state index contributed by atoms with van der Waals surface area (Å²) in [5, 5.41) is 0. The van der Waals surface area contributed by atoms with Crippen LogP contribution in [0.2, 0.25) is 0 Å². The summed E-state index contributed by atoms with van der Waals surface area (Å²) in [7, 11) is 1.79. The molecule has 0 aliphatic carbocycles. The summed E-state index contributed by atoms with van der Waals surface area (Å²) in [6.07, 6.45) is 0. The maximum atomic E-state index is 12.3. The molecule has 0 atom stereocenters. The van der Waals surface area contributed by atoms with E-state index < -0.39 is 0 Å². The molecule has 1 aromatic carbocycles. The van der Waals surface area contributed by atoms with Gasteiger partial charge in [0.05, 0.1) is 0 Å². The minimum absolute atomic E-state index is 0.0319. The normalized spacial score (nSPS) is 11.4.